The molecule has 0 N–H and O–H groups in total. The van der Waals surface area contributed by atoms with Gasteiger partial charge < -0.3 is 14.2 Å². The molecule has 422 valence electrons. The highest BCUT2D eigenvalue weighted by molar-refractivity contribution is 5.71. The maximum Gasteiger partial charge on any atom is 0.306 e. The van der Waals surface area contributed by atoms with Crippen molar-refractivity contribution in [1.29, 1.82) is 0 Å². The zero-order chi connectivity index (χ0) is 51.8. The number of esters is 3. The Morgan fingerprint density at radius 1 is 0.296 bits per heavy atom. The van der Waals surface area contributed by atoms with Crippen LogP contribution in [0.5, 0.6) is 0 Å². The molecule has 2 atom stereocenters. The summed E-state index contributed by atoms with van der Waals surface area (Å²) in [4.78, 5) is 38.3. The average molecular weight is 1000 g/mol. The lowest BCUT2D eigenvalue weighted by Gasteiger charge is -2.18. The third kappa shape index (κ3) is 57.5. The molecule has 71 heavy (non-hydrogen) atoms. The van der Waals surface area contributed by atoms with Crippen molar-refractivity contribution in [3.05, 3.63) is 0 Å². The summed E-state index contributed by atoms with van der Waals surface area (Å²) in [6.45, 7) is 11.5. The Kier molecular flexibility index (Phi) is 56.4. The summed E-state index contributed by atoms with van der Waals surface area (Å²) in [5.41, 5.74) is 0. The fraction of sp³-hybridized carbons (Fsp3) is 0.954. The number of carbonyl (C=O) groups is 3. The SMILES string of the molecule is CCCCCCCCCCCCCCCCCCCC(=O)OC[C@H](COC(=O)CCCCCCCCCCCCCC(C)C)OC(=O)CCCCCCCCCCCCCCCCCCCCC(C)CC. The molecule has 6 heteroatoms. The number of hydrogen-bond donors (Lipinski definition) is 0. The number of rotatable bonds is 59. The van der Waals surface area contributed by atoms with Crippen molar-refractivity contribution in [2.24, 2.45) is 11.8 Å². The van der Waals surface area contributed by atoms with Crippen molar-refractivity contribution < 1.29 is 28.6 Å². The smallest absolute Gasteiger partial charge is 0.306 e. The molecule has 0 spiro atoms. The van der Waals surface area contributed by atoms with Gasteiger partial charge in [0.15, 0.2) is 6.10 Å². The molecule has 0 aromatic rings. The highest BCUT2D eigenvalue weighted by Gasteiger charge is 2.19. The predicted molar refractivity (Wildman–Crippen MR) is 307 cm³/mol. The molecule has 1 unspecified atom stereocenters. The second kappa shape index (κ2) is 57.7. The molecule has 0 aliphatic rings. The zero-order valence-electron chi connectivity index (χ0n) is 48.9. The van der Waals surface area contributed by atoms with E-state index in [2.05, 4.69) is 34.6 Å². The molecule has 0 aliphatic heterocycles. The van der Waals surface area contributed by atoms with Crippen LogP contribution in [0.4, 0.5) is 0 Å². The summed E-state index contributed by atoms with van der Waals surface area (Å²) in [6, 6.07) is 0. The van der Waals surface area contributed by atoms with Crippen LogP contribution in [-0.4, -0.2) is 37.2 Å². The van der Waals surface area contributed by atoms with Crippen molar-refractivity contribution >= 4 is 17.9 Å². The molecule has 6 nitrogen and oxygen atoms in total. The van der Waals surface area contributed by atoms with Crippen LogP contribution in [0.15, 0.2) is 0 Å². The number of hydrogen-bond acceptors (Lipinski definition) is 6. The lowest BCUT2D eigenvalue weighted by atomic mass is 9.99. The predicted octanol–water partition coefficient (Wildman–Crippen LogP) is 21.6. The fourth-order valence-corrected chi connectivity index (χ4v) is 10.1. The Morgan fingerprint density at radius 3 is 0.803 bits per heavy atom. The molecule has 0 bridgehead atoms. The lowest BCUT2D eigenvalue weighted by Crippen LogP contribution is -2.30. The molecule has 0 aromatic carbocycles. The Bertz CT molecular complexity index is 1090. The van der Waals surface area contributed by atoms with Crippen LogP contribution in [0, 0.1) is 11.8 Å². The first kappa shape index (κ1) is 69.4. The largest absolute Gasteiger partial charge is 0.462 e. The minimum absolute atomic E-state index is 0.0619. The molecule has 0 amide bonds. The van der Waals surface area contributed by atoms with Crippen LogP contribution in [-0.2, 0) is 28.6 Å². The monoisotopic (exact) mass is 1000 g/mol. The van der Waals surface area contributed by atoms with Gasteiger partial charge in [-0.2, -0.15) is 0 Å². The summed E-state index contributed by atoms with van der Waals surface area (Å²) in [5, 5.41) is 0. The molecule has 0 fully saturated rings. The van der Waals surface area contributed by atoms with Crippen LogP contribution in [0.3, 0.4) is 0 Å². The van der Waals surface area contributed by atoms with Crippen molar-refractivity contribution in [2.45, 2.75) is 375 Å². The Balaban J connectivity index is 4.26. The van der Waals surface area contributed by atoms with E-state index >= 15 is 0 Å². The van der Waals surface area contributed by atoms with Gasteiger partial charge in [0.2, 0.25) is 0 Å². The molecule has 0 radical (unpaired) electrons. The van der Waals surface area contributed by atoms with Gasteiger partial charge in [-0.15, -0.1) is 0 Å². The Hall–Kier alpha value is -1.59. The first-order chi connectivity index (χ1) is 34.8. The number of unbranched alkanes of at least 4 members (excludes halogenated alkanes) is 43. The van der Waals surface area contributed by atoms with Gasteiger partial charge in [0.05, 0.1) is 0 Å². The Labute approximate surface area is 444 Å². The quantitative estimate of drug-likeness (QED) is 0.0343. The molecular formula is C65H126O6. The van der Waals surface area contributed by atoms with E-state index in [-0.39, 0.29) is 31.1 Å². The number of ether oxygens (including phenoxy) is 3. The van der Waals surface area contributed by atoms with Gasteiger partial charge in [-0.3, -0.25) is 14.4 Å². The molecule has 0 saturated carbocycles. The maximum absolute atomic E-state index is 12.9. The van der Waals surface area contributed by atoms with E-state index < -0.39 is 6.10 Å². The van der Waals surface area contributed by atoms with E-state index in [1.807, 2.05) is 0 Å². The van der Waals surface area contributed by atoms with Gasteiger partial charge in [0, 0.05) is 19.3 Å². The van der Waals surface area contributed by atoms with Crippen LogP contribution < -0.4 is 0 Å². The van der Waals surface area contributed by atoms with Crippen LogP contribution in [0.1, 0.15) is 369 Å². The van der Waals surface area contributed by atoms with Crippen molar-refractivity contribution in [1.82, 2.24) is 0 Å². The molecule has 0 saturated heterocycles. The third-order valence-corrected chi connectivity index (χ3v) is 15.3. The van der Waals surface area contributed by atoms with E-state index in [1.165, 1.54) is 257 Å². The van der Waals surface area contributed by atoms with Crippen molar-refractivity contribution in [2.75, 3.05) is 13.2 Å². The highest BCUT2D eigenvalue weighted by Crippen LogP contribution is 2.19. The summed E-state index contributed by atoms with van der Waals surface area (Å²) in [5.74, 6) is 0.904. The van der Waals surface area contributed by atoms with E-state index in [0.29, 0.717) is 19.3 Å². The van der Waals surface area contributed by atoms with Gasteiger partial charge >= 0.3 is 17.9 Å². The normalized spacial score (nSPS) is 12.4. The standard InChI is InChI=1S/C65H126O6/c1-6-8-9-10-11-12-13-14-15-18-22-25-30-35-40-45-50-55-63(66)69-58-62(59-70-64(67)56-51-46-41-36-32-27-28-33-38-43-48-53-60(3)4)71-65(68)57-52-47-42-37-31-26-23-20-17-16-19-21-24-29-34-39-44-49-54-61(5)7-2/h60-62H,6-59H2,1-5H3/t61?,62-/m1/s1. The molecule has 0 aliphatic carbocycles. The van der Waals surface area contributed by atoms with Gasteiger partial charge in [-0.05, 0) is 31.1 Å². The lowest BCUT2D eigenvalue weighted by molar-refractivity contribution is -0.167. The third-order valence-electron chi connectivity index (χ3n) is 15.3. The summed E-state index contributed by atoms with van der Waals surface area (Å²) in [6.07, 6.45) is 63.9. The second-order valence-electron chi connectivity index (χ2n) is 23.1. The average Bonchev–Trinajstić information content (AvgIpc) is 3.36. The summed E-state index contributed by atoms with van der Waals surface area (Å²) in [7, 11) is 0. The zero-order valence-corrected chi connectivity index (χ0v) is 48.9. The first-order valence-electron chi connectivity index (χ1n) is 32.3. The van der Waals surface area contributed by atoms with Crippen LogP contribution >= 0.6 is 0 Å². The highest BCUT2D eigenvalue weighted by atomic mass is 16.6. The second-order valence-corrected chi connectivity index (χ2v) is 23.1. The van der Waals surface area contributed by atoms with Gasteiger partial charge in [-0.25, -0.2) is 0 Å². The molecular weight excluding hydrogens is 877 g/mol. The van der Waals surface area contributed by atoms with E-state index in [0.717, 1.165) is 69.6 Å². The van der Waals surface area contributed by atoms with E-state index in [9.17, 15) is 14.4 Å². The topological polar surface area (TPSA) is 78.9 Å². The van der Waals surface area contributed by atoms with Gasteiger partial charge in [-0.1, -0.05) is 330 Å². The van der Waals surface area contributed by atoms with Gasteiger partial charge in [0.1, 0.15) is 13.2 Å². The van der Waals surface area contributed by atoms with E-state index in [1.54, 1.807) is 0 Å². The minimum atomic E-state index is -0.764. The first-order valence-corrected chi connectivity index (χ1v) is 32.3. The van der Waals surface area contributed by atoms with Crippen LogP contribution in [0.25, 0.3) is 0 Å². The molecule has 0 heterocycles. The van der Waals surface area contributed by atoms with Crippen molar-refractivity contribution in [3.8, 4) is 0 Å². The van der Waals surface area contributed by atoms with Gasteiger partial charge in [0.25, 0.3) is 0 Å². The fourth-order valence-electron chi connectivity index (χ4n) is 10.1. The van der Waals surface area contributed by atoms with Crippen molar-refractivity contribution in [3.63, 3.8) is 0 Å². The molecule has 0 rings (SSSR count). The Morgan fingerprint density at radius 2 is 0.535 bits per heavy atom. The maximum atomic E-state index is 12.9. The minimum Gasteiger partial charge on any atom is -0.462 e. The van der Waals surface area contributed by atoms with Crippen LogP contribution in [0.2, 0.25) is 0 Å². The summed E-state index contributed by atoms with van der Waals surface area (Å²) >= 11 is 0. The van der Waals surface area contributed by atoms with E-state index in [4.69, 9.17) is 14.2 Å². The number of carbonyl (C=O) groups excluding carboxylic acids is 3. The molecule has 0 aromatic heterocycles. The summed E-state index contributed by atoms with van der Waals surface area (Å²) < 4.78 is 17.0.